The van der Waals surface area contributed by atoms with E-state index in [9.17, 15) is 9.59 Å². The molecule has 1 fully saturated rings. The quantitative estimate of drug-likeness (QED) is 0.579. The highest BCUT2D eigenvalue weighted by molar-refractivity contribution is 5.90. The van der Waals surface area contributed by atoms with Gasteiger partial charge in [-0.2, -0.15) is 0 Å². The highest BCUT2D eigenvalue weighted by Crippen LogP contribution is 2.18. The summed E-state index contributed by atoms with van der Waals surface area (Å²) in [7, 11) is 0. The van der Waals surface area contributed by atoms with Gasteiger partial charge in [-0.1, -0.05) is 31.9 Å². The smallest absolute Gasteiger partial charge is 0.420 e. The molecule has 0 saturated carbocycles. The van der Waals surface area contributed by atoms with E-state index in [0.717, 1.165) is 24.2 Å². The number of unbranched alkanes of at least 4 members (excludes halogenated alkanes) is 2. The van der Waals surface area contributed by atoms with E-state index < -0.39 is 17.8 Å². The van der Waals surface area contributed by atoms with Crippen molar-refractivity contribution in [2.75, 3.05) is 6.61 Å². The summed E-state index contributed by atoms with van der Waals surface area (Å²) in [6, 6.07) is -0.362. The molecule has 108 valence electrons. The molecule has 1 heterocycles. The third-order valence-electron chi connectivity index (χ3n) is 2.58. The van der Waals surface area contributed by atoms with Crippen molar-refractivity contribution in [1.82, 2.24) is 4.90 Å². The van der Waals surface area contributed by atoms with Crippen LogP contribution >= 0.6 is 0 Å². The fourth-order valence-corrected chi connectivity index (χ4v) is 1.67. The summed E-state index contributed by atoms with van der Waals surface area (Å²) >= 11 is 0. The lowest BCUT2D eigenvalue weighted by Gasteiger charge is -2.24. The van der Waals surface area contributed by atoms with Gasteiger partial charge in [0.05, 0.1) is 6.04 Å². The van der Waals surface area contributed by atoms with E-state index in [-0.39, 0.29) is 12.6 Å². The zero-order valence-corrected chi connectivity index (χ0v) is 12.1. The van der Waals surface area contributed by atoms with Crippen molar-refractivity contribution >= 4 is 12.2 Å². The van der Waals surface area contributed by atoms with Crippen LogP contribution in [0.3, 0.4) is 0 Å². The first kappa shape index (κ1) is 15.5. The molecule has 1 atom stereocenters. The van der Waals surface area contributed by atoms with Crippen molar-refractivity contribution in [3.05, 3.63) is 12.2 Å². The number of ether oxygens (including phenoxy) is 2. The van der Waals surface area contributed by atoms with Gasteiger partial charge in [-0.15, -0.1) is 0 Å². The van der Waals surface area contributed by atoms with Crippen LogP contribution in [0.2, 0.25) is 0 Å². The van der Waals surface area contributed by atoms with Gasteiger partial charge in [-0.3, -0.25) is 0 Å². The molecule has 1 aliphatic rings. The molecular formula is C14H23NO4. The highest BCUT2D eigenvalue weighted by atomic mass is 16.6. The molecule has 0 aromatic carbocycles. The molecule has 0 aliphatic carbocycles. The van der Waals surface area contributed by atoms with Crippen LogP contribution in [0.5, 0.6) is 0 Å². The highest BCUT2D eigenvalue weighted by Gasteiger charge is 2.39. The van der Waals surface area contributed by atoms with E-state index in [1.165, 1.54) is 0 Å². The standard InChI is InChI=1S/C14H23NO4/c1-5-6-7-8-9-11-10-18-12(16)15(11)13(17)19-14(2,3)4/h8-9,11H,5-7,10H2,1-4H3/b9-8+/t11-/m0/s1. The average molecular weight is 269 g/mol. The molecule has 0 N–H and O–H groups in total. The summed E-state index contributed by atoms with van der Waals surface area (Å²) in [6.45, 7) is 7.60. The van der Waals surface area contributed by atoms with Crippen LogP contribution in [-0.2, 0) is 9.47 Å². The summed E-state index contributed by atoms with van der Waals surface area (Å²) in [5, 5.41) is 0. The van der Waals surface area contributed by atoms with E-state index in [1.807, 2.05) is 12.2 Å². The third kappa shape index (κ3) is 4.93. The van der Waals surface area contributed by atoms with Gasteiger partial charge in [-0.25, -0.2) is 14.5 Å². The van der Waals surface area contributed by atoms with E-state index in [4.69, 9.17) is 9.47 Å². The number of carbonyl (C=O) groups is 2. The number of hydrogen-bond donors (Lipinski definition) is 0. The molecule has 1 saturated heterocycles. The molecule has 0 aromatic rings. The van der Waals surface area contributed by atoms with E-state index in [0.29, 0.717) is 0 Å². The number of nitrogens with zero attached hydrogens (tertiary/aromatic N) is 1. The van der Waals surface area contributed by atoms with E-state index in [2.05, 4.69) is 6.92 Å². The molecule has 19 heavy (non-hydrogen) atoms. The largest absolute Gasteiger partial charge is 0.446 e. The van der Waals surface area contributed by atoms with Gasteiger partial charge in [-0.05, 0) is 27.2 Å². The van der Waals surface area contributed by atoms with Crippen molar-refractivity contribution in [3.63, 3.8) is 0 Å². The number of amides is 2. The van der Waals surface area contributed by atoms with Crippen LogP contribution < -0.4 is 0 Å². The zero-order valence-electron chi connectivity index (χ0n) is 12.1. The molecular weight excluding hydrogens is 246 g/mol. The number of rotatable bonds is 4. The van der Waals surface area contributed by atoms with Crippen LogP contribution in [0.15, 0.2) is 12.2 Å². The predicted molar refractivity (Wildman–Crippen MR) is 71.9 cm³/mol. The van der Waals surface area contributed by atoms with Crippen LogP contribution in [0.1, 0.15) is 47.0 Å². The average Bonchev–Trinajstić information content (AvgIpc) is 2.64. The number of carbonyl (C=O) groups excluding carboxylic acids is 2. The molecule has 0 aromatic heterocycles. The van der Waals surface area contributed by atoms with Crippen LogP contribution in [0.25, 0.3) is 0 Å². The third-order valence-corrected chi connectivity index (χ3v) is 2.58. The first-order valence-corrected chi connectivity index (χ1v) is 6.70. The molecule has 0 radical (unpaired) electrons. The van der Waals surface area contributed by atoms with Crippen LogP contribution in [-0.4, -0.2) is 35.3 Å². The minimum atomic E-state index is -0.653. The Bertz CT molecular complexity index is 357. The second-order valence-corrected chi connectivity index (χ2v) is 5.56. The Kier molecular flexibility index (Phi) is 5.39. The van der Waals surface area contributed by atoms with Gasteiger partial charge < -0.3 is 9.47 Å². The lowest BCUT2D eigenvalue weighted by molar-refractivity contribution is 0.0312. The van der Waals surface area contributed by atoms with Gasteiger partial charge in [0.1, 0.15) is 12.2 Å². The maximum absolute atomic E-state index is 11.9. The van der Waals surface area contributed by atoms with Crippen molar-refractivity contribution < 1.29 is 19.1 Å². The lowest BCUT2D eigenvalue weighted by atomic mass is 10.2. The minimum Gasteiger partial charge on any atom is -0.446 e. The maximum Gasteiger partial charge on any atom is 0.420 e. The van der Waals surface area contributed by atoms with Gasteiger partial charge in [0, 0.05) is 0 Å². The van der Waals surface area contributed by atoms with Gasteiger partial charge in [0.2, 0.25) is 0 Å². The van der Waals surface area contributed by atoms with E-state index in [1.54, 1.807) is 20.8 Å². The van der Waals surface area contributed by atoms with Crippen molar-refractivity contribution in [2.24, 2.45) is 0 Å². The number of cyclic esters (lactones) is 1. The summed E-state index contributed by atoms with van der Waals surface area (Å²) in [6.07, 6.45) is 5.66. The Morgan fingerprint density at radius 1 is 1.53 bits per heavy atom. The van der Waals surface area contributed by atoms with Crippen molar-refractivity contribution in [2.45, 2.75) is 58.6 Å². The Balaban J connectivity index is 2.64. The molecule has 0 unspecified atom stereocenters. The summed E-state index contributed by atoms with van der Waals surface area (Å²) < 4.78 is 10.1. The maximum atomic E-state index is 11.9. The topological polar surface area (TPSA) is 55.8 Å². The second kappa shape index (κ2) is 6.59. The summed E-state index contributed by atoms with van der Waals surface area (Å²) in [5.41, 5.74) is -0.629. The van der Waals surface area contributed by atoms with Crippen LogP contribution in [0, 0.1) is 0 Å². The van der Waals surface area contributed by atoms with Gasteiger partial charge in [0.25, 0.3) is 0 Å². The Labute approximate surface area is 114 Å². The Morgan fingerprint density at radius 2 is 2.21 bits per heavy atom. The molecule has 0 spiro atoms. The molecule has 1 aliphatic heterocycles. The molecule has 2 amide bonds. The SMILES string of the molecule is CCCC/C=C/[C@H]1COC(=O)N1C(=O)OC(C)(C)C. The summed E-state index contributed by atoms with van der Waals surface area (Å²) in [5.74, 6) is 0. The van der Waals surface area contributed by atoms with Gasteiger partial charge in [0.15, 0.2) is 0 Å². The normalized spacial score (nSPS) is 19.9. The van der Waals surface area contributed by atoms with E-state index >= 15 is 0 Å². The predicted octanol–water partition coefficient (Wildman–Crippen LogP) is 3.49. The number of allylic oxidation sites excluding steroid dienone is 1. The van der Waals surface area contributed by atoms with Crippen LogP contribution in [0.4, 0.5) is 9.59 Å². The lowest BCUT2D eigenvalue weighted by Crippen LogP contribution is -2.41. The molecule has 5 nitrogen and oxygen atoms in total. The second-order valence-electron chi connectivity index (χ2n) is 5.56. The van der Waals surface area contributed by atoms with Gasteiger partial charge >= 0.3 is 12.2 Å². The molecule has 1 rings (SSSR count). The number of imide groups is 1. The molecule has 0 bridgehead atoms. The Hall–Kier alpha value is -1.52. The van der Waals surface area contributed by atoms with Crippen molar-refractivity contribution in [1.29, 1.82) is 0 Å². The molecule has 5 heteroatoms. The fraction of sp³-hybridized carbons (Fsp3) is 0.714. The fourth-order valence-electron chi connectivity index (χ4n) is 1.67. The summed E-state index contributed by atoms with van der Waals surface area (Å²) in [4.78, 5) is 24.5. The minimum absolute atomic E-state index is 0.195. The monoisotopic (exact) mass is 269 g/mol. The number of hydrogen-bond acceptors (Lipinski definition) is 4. The Morgan fingerprint density at radius 3 is 2.79 bits per heavy atom. The van der Waals surface area contributed by atoms with Crippen molar-refractivity contribution in [3.8, 4) is 0 Å². The first-order valence-electron chi connectivity index (χ1n) is 6.70. The zero-order chi connectivity index (χ0) is 14.5. The first-order chi connectivity index (χ1) is 8.85.